The molecule has 0 fully saturated rings. The molecule has 0 aliphatic carbocycles. The van der Waals surface area contributed by atoms with Gasteiger partial charge in [0.2, 0.25) is 0 Å². The fourth-order valence-corrected chi connectivity index (χ4v) is 1.18. The van der Waals surface area contributed by atoms with Crippen LogP contribution in [0.25, 0.3) is 0 Å². The minimum absolute atomic E-state index is 0.0965. The van der Waals surface area contributed by atoms with Crippen LogP contribution in [-0.2, 0) is 0 Å². The predicted molar refractivity (Wildman–Crippen MR) is 62.6 cm³/mol. The zero-order valence-corrected chi connectivity index (χ0v) is 8.58. The van der Waals surface area contributed by atoms with Crippen molar-refractivity contribution in [1.29, 1.82) is 0 Å². The second kappa shape index (κ2) is 4.93. The van der Waals surface area contributed by atoms with Crippen molar-refractivity contribution >= 4 is 11.7 Å². The fraction of sp³-hybridized carbons (Fsp3) is 0. The van der Waals surface area contributed by atoms with Gasteiger partial charge in [-0.2, -0.15) is 4.99 Å². The summed E-state index contributed by atoms with van der Waals surface area (Å²) < 4.78 is 5.32. The van der Waals surface area contributed by atoms with Gasteiger partial charge >= 0.3 is 0 Å². The van der Waals surface area contributed by atoms with Crippen LogP contribution >= 0.6 is 0 Å². The van der Waals surface area contributed by atoms with E-state index in [9.17, 15) is 0 Å². The van der Waals surface area contributed by atoms with Crippen molar-refractivity contribution in [3.63, 3.8) is 0 Å². The molecule has 4 heteroatoms. The third-order valence-electron chi connectivity index (χ3n) is 1.85. The van der Waals surface area contributed by atoms with E-state index in [2.05, 4.69) is 9.98 Å². The van der Waals surface area contributed by atoms with Crippen molar-refractivity contribution in [1.82, 2.24) is 4.98 Å². The highest BCUT2D eigenvalue weighted by Crippen LogP contribution is 2.11. The van der Waals surface area contributed by atoms with Gasteiger partial charge in [-0.15, -0.1) is 0 Å². The van der Waals surface area contributed by atoms with Crippen molar-refractivity contribution < 1.29 is 4.74 Å². The zero-order valence-electron chi connectivity index (χ0n) is 8.58. The summed E-state index contributed by atoms with van der Waals surface area (Å²) in [6, 6.07) is 12.9. The lowest BCUT2D eigenvalue weighted by Gasteiger charge is -2.03. The van der Waals surface area contributed by atoms with E-state index in [-0.39, 0.29) is 6.02 Å². The molecule has 0 radical (unpaired) electrons. The average molecular weight is 213 g/mol. The molecule has 0 aliphatic heterocycles. The third-order valence-corrected chi connectivity index (χ3v) is 1.85. The number of hydrogen-bond acceptors (Lipinski definition) is 3. The summed E-state index contributed by atoms with van der Waals surface area (Å²) in [4.78, 5) is 7.99. The number of ether oxygens (including phenoxy) is 1. The van der Waals surface area contributed by atoms with E-state index in [1.54, 1.807) is 24.5 Å². The summed E-state index contributed by atoms with van der Waals surface area (Å²) in [7, 11) is 0. The minimum Gasteiger partial charge on any atom is -0.426 e. The van der Waals surface area contributed by atoms with Crippen LogP contribution in [0, 0.1) is 0 Å². The lowest BCUT2D eigenvalue weighted by atomic mass is 10.3. The lowest BCUT2D eigenvalue weighted by molar-refractivity contribution is 0.543. The molecule has 2 N–H and O–H groups in total. The van der Waals surface area contributed by atoms with Gasteiger partial charge in [0, 0.05) is 6.20 Å². The normalized spacial score (nSPS) is 11.1. The molecule has 0 spiro atoms. The Kier molecular flexibility index (Phi) is 3.13. The van der Waals surface area contributed by atoms with E-state index >= 15 is 0 Å². The topological polar surface area (TPSA) is 60.5 Å². The van der Waals surface area contributed by atoms with E-state index in [1.165, 1.54) is 0 Å². The molecule has 0 unspecified atom stereocenters. The zero-order chi connectivity index (χ0) is 11.2. The molecule has 16 heavy (non-hydrogen) atoms. The Morgan fingerprint density at radius 3 is 2.62 bits per heavy atom. The van der Waals surface area contributed by atoms with Crippen LogP contribution in [0.3, 0.4) is 0 Å². The molecule has 1 aromatic carbocycles. The minimum atomic E-state index is 0.0965. The summed E-state index contributed by atoms with van der Waals surface area (Å²) in [5.41, 5.74) is 6.30. The van der Waals surface area contributed by atoms with Gasteiger partial charge in [0.25, 0.3) is 6.02 Å². The SMILES string of the molecule is NC(=Nc1cccnc1)Oc1ccccc1. The molecule has 2 aromatic rings. The van der Waals surface area contributed by atoms with Gasteiger partial charge in [0.05, 0.1) is 11.9 Å². The molecule has 80 valence electrons. The molecule has 2 rings (SSSR count). The van der Waals surface area contributed by atoms with E-state index < -0.39 is 0 Å². The van der Waals surface area contributed by atoms with Crippen LogP contribution < -0.4 is 10.5 Å². The van der Waals surface area contributed by atoms with Crippen molar-refractivity contribution in [2.45, 2.75) is 0 Å². The molecular formula is C12H11N3O. The quantitative estimate of drug-likeness (QED) is 0.614. The highest BCUT2D eigenvalue weighted by atomic mass is 16.5. The Hall–Kier alpha value is -2.36. The number of nitrogens with zero attached hydrogens (tertiary/aromatic N) is 2. The molecule has 1 heterocycles. The predicted octanol–water partition coefficient (Wildman–Crippen LogP) is 2.11. The first kappa shape index (κ1) is 10.2. The highest BCUT2D eigenvalue weighted by molar-refractivity contribution is 5.77. The lowest BCUT2D eigenvalue weighted by Crippen LogP contribution is -2.19. The number of hydrogen-bond donors (Lipinski definition) is 1. The van der Waals surface area contributed by atoms with Crippen molar-refractivity contribution in [3.8, 4) is 5.75 Å². The summed E-state index contributed by atoms with van der Waals surface area (Å²) >= 11 is 0. The van der Waals surface area contributed by atoms with Gasteiger partial charge in [-0.3, -0.25) is 4.98 Å². The molecule has 0 amide bonds. The summed E-state index contributed by atoms with van der Waals surface area (Å²) in [6.45, 7) is 0. The molecule has 0 bridgehead atoms. The molecule has 0 aliphatic rings. The maximum atomic E-state index is 5.64. The number of pyridine rings is 1. The first-order valence-electron chi connectivity index (χ1n) is 4.82. The number of rotatable bonds is 2. The van der Waals surface area contributed by atoms with Crippen molar-refractivity contribution in [2.24, 2.45) is 10.7 Å². The third kappa shape index (κ3) is 2.81. The van der Waals surface area contributed by atoms with Gasteiger partial charge < -0.3 is 10.5 Å². The Morgan fingerprint density at radius 1 is 1.12 bits per heavy atom. The Bertz CT molecular complexity index is 468. The first-order valence-corrected chi connectivity index (χ1v) is 4.82. The molecule has 0 saturated carbocycles. The first-order chi connectivity index (χ1) is 7.84. The number of para-hydroxylation sites is 1. The van der Waals surface area contributed by atoms with E-state index in [0.29, 0.717) is 11.4 Å². The van der Waals surface area contributed by atoms with E-state index in [1.807, 2.05) is 30.3 Å². The van der Waals surface area contributed by atoms with Crippen LogP contribution in [0.1, 0.15) is 0 Å². The number of aliphatic imine (C=N–C) groups is 1. The van der Waals surface area contributed by atoms with Crippen molar-refractivity contribution in [3.05, 3.63) is 54.9 Å². The second-order valence-corrected chi connectivity index (χ2v) is 3.08. The highest BCUT2D eigenvalue weighted by Gasteiger charge is 1.96. The van der Waals surface area contributed by atoms with Gasteiger partial charge in [0.1, 0.15) is 5.75 Å². The monoisotopic (exact) mass is 213 g/mol. The number of nitrogens with two attached hydrogens (primary N) is 1. The molecular weight excluding hydrogens is 202 g/mol. The summed E-state index contributed by atoms with van der Waals surface area (Å²) in [6.07, 6.45) is 3.29. The number of amidine groups is 1. The van der Waals surface area contributed by atoms with Crippen LogP contribution in [0.5, 0.6) is 5.75 Å². The van der Waals surface area contributed by atoms with Gasteiger partial charge in [0.15, 0.2) is 0 Å². The van der Waals surface area contributed by atoms with Gasteiger partial charge in [-0.25, -0.2) is 0 Å². The van der Waals surface area contributed by atoms with E-state index in [0.717, 1.165) is 0 Å². The Balaban J connectivity index is 2.09. The number of benzene rings is 1. The van der Waals surface area contributed by atoms with Crippen LogP contribution in [0.15, 0.2) is 59.9 Å². The Morgan fingerprint density at radius 2 is 1.94 bits per heavy atom. The van der Waals surface area contributed by atoms with Crippen LogP contribution in [0.2, 0.25) is 0 Å². The Labute approximate surface area is 93.4 Å². The van der Waals surface area contributed by atoms with Crippen LogP contribution in [0.4, 0.5) is 5.69 Å². The molecule has 0 atom stereocenters. The van der Waals surface area contributed by atoms with Gasteiger partial charge in [-0.05, 0) is 24.3 Å². The summed E-state index contributed by atoms with van der Waals surface area (Å²) in [5.74, 6) is 0.660. The van der Waals surface area contributed by atoms with Gasteiger partial charge in [-0.1, -0.05) is 18.2 Å². The molecule has 4 nitrogen and oxygen atoms in total. The summed E-state index contributed by atoms with van der Waals surface area (Å²) in [5, 5.41) is 0. The standard InChI is InChI=1S/C12H11N3O/c13-12(15-10-5-4-8-14-9-10)16-11-6-2-1-3-7-11/h1-9H,(H2,13,15). The van der Waals surface area contributed by atoms with Crippen molar-refractivity contribution in [2.75, 3.05) is 0 Å². The molecule has 1 aromatic heterocycles. The van der Waals surface area contributed by atoms with Crippen LogP contribution in [-0.4, -0.2) is 11.0 Å². The number of aromatic nitrogens is 1. The molecule has 0 saturated heterocycles. The average Bonchev–Trinajstić information content (AvgIpc) is 2.31. The maximum Gasteiger partial charge on any atom is 0.292 e. The second-order valence-electron chi connectivity index (χ2n) is 3.08. The smallest absolute Gasteiger partial charge is 0.292 e. The fourth-order valence-electron chi connectivity index (χ4n) is 1.18. The largest absolute Gasteiger partial charge is 0.426 e. The maximum absolute atomic E-state index is 5.64. The van der Waals surface area contributed by atoms with E-state index in [4.69, 9.17) is 10.5 Å².